The lowest BCUT2D eigenvalue weighted by Crippen LogP contribution is -2.43. The second kappa shape index (κ2) is 8.75. The molecule has 0 unspecified atom stereocenters. The van der Waals surface area contributed by atoms with Crippen molar-refractivity contribution in [3.8, 4) is 0 Å². The molecule has 0 radical (unpaired) electrons. The zero-order chi connectivity index (χ0) is 22.5. The van der Waals surface area contributed by atoms with Crippen LogP contribution in [0.15, 0.2) is 53.4 Å². The van der Waals surface area contributed by atoms with Crippen LogP contribution in [0.5, 0.6) is 0 Å². The topological polar surface area (TPSA) is 42.3 Å². The molecule has 7 heteroatoms. The lowest BCUT2D eigenvalue weighted by Gasteiger charge is -2.44. The van der Waals surface area contributed by atoms with Gasteiger partial charge in [0.15, 0.2) is 0 Å². The van der Waals surface area contributed by atoms with Gasteiger partial charge in [-0.25, -0.2) is 12.4 Å². The lowest BCUT2D eigenvalue weighted by atomic mass is 9.78. The summed E-state index contributed by atoms with van der Waals surface area (Å²) in [5.74, 6) is 0.544. The first-order chi connectivity index (χ1) is 15.4. The second-order valence-corrected chi connectivity index (χ2v) is 13.1. The Morgan fingerprint density at radius 1 is 1.06 bits per heavy atom. The lowest BCUT2D eigenvalue weighted by molar-refractivity contribution is 0.106. The van der Waals surface area contributed by atoms with Crippen molar-refractivity contribution >= 4 is 44.4 Å². The quantitative estimate of drug-likeness (QED) is 0.428. The Bertz CT molecular complexity index is 1230. The summed E-state index contributed by atoms with van der Waals surface area (Å²) in [6.45, 7) is 4.11. The molecular weight excluding hydrogens is 456 g/mol. The maximum atomic E-state index is 13.9. The molecule has 1 aliphatic carbocycles. The highest BCUT2D eigenvalue weighted by atomic mass is 32.2. The molecule has 0 N–H and O–H groups in total. The number of thioether (sulfide) groups is 2. The molecule has 1 aliphatic heterocycles. The van der Waals surface area contributed by atoms with Crippen LogP contribution in [0.4, 0.5) is 0 Å². The van der Waals surface area contributed by atoms with Crippen LogP contribution in [0.2, 0.25) is 0 Å². The van der Waals surface area contributed by atoms with E-state index in [9.17, 15) is 8.42 Å². The Balaban J connectivity index is 1.69. The molecule has 3 aromatic rings. The molecule has 0 spiro atoms. The maximum Gasteiger partial charge on any atom is 0.268 e. The highest BCUT2D eigenvalue weighted by molar-refractivity contribution is 8.16. The molecule has 1 fully saturated rings. The average molecular weight is 487 g/mol. The number of para-hydroxylation sites is 1. The highest BCUT2D eigenvalue weighted by Crippen LogP contribution is 2.48. The van der Waals surface area contributed by atoms with Gasteiger partial charge < -0.3 is 0 Å². The van der Waals surface area contributed by atoms with Crippen molar-refractivity contribution < 1.29 is 8.42 Å². The van der Waals surface area contributed by atoms with Crippen molar-refractivity contribution in [3.63, 3.8) is 0 Å². The molecule has 4 nitrogen and oxygen atoms in total. The second-order valence-electron chi connectivity index (χ2n) is 8.97. The minimum absolute atomic E-state index is 0.290. The molecule has 2 heterocycles. The first kappa shape index (κ1) is 22.4. The summed E-state index contributed by atoms with van der Waals surface area (Å²) in [7, 11) is -3.67. The van der Waals surface area contributed by atoms with Gasteiger partial charge in [-0.05, 0) is 74.9 Å². The predicted molar refractivity (Wildman–Crippen MR) is 137 cm³/mol. The standard InChI is InChI=1S/C25H30N2O2S3/c1-17-8-10-19(11-9-17)32(28,29)27-21-7-5-4-6-20(21)25-22-14-18(15-23(25)27)12-13-26(22)16-24(30-2)31-3/h4-11,18,22,24H,12-16H2,1-3H3/t18-,22+/m1/s1. The summed E-state index contributed by atoms with van der Waals surface area (Å²) in [6, 6.07) is 15.6. The SMILES string of the molecule is CSC(CN1CC[C@H]2Cc3c(c4ccccc4n3S(=O)(=O)c3ccc(C)cc3)[C@@H]1C2)SC. The Morgan fingerprint density at radius 3 is 2.50 bits per heavy atom. The number of hydrogen-bond acceptors (Lipinski definition) is 5. The van der Waals surface area contributed by atoms with E-state index in [1.54, 1.807) is 16.1 Å². The summed E-state index contributed by atoms with van der Waals surface area (Å²) >= 11 is 3.82. The average Bonchev–Trinajstić information content (AvgIpc) is 3.13. The minimum Gasteiger partial charge on any atom is -0.294 e. The maximum absolute atomic E-state index is 13.9. The van der Waals surface area contributed by atoms with E-state index < -0.39 is 10.0 Å². The van der Waals surface area contributed by atoms with Crippen LogP contribution in [0.25, 0.3) is 10.9 Å². The van der Waals surface area contributed by atoms with Crippen molar-refractivity contribution in [3.05, 3.63) is 65.4 Å². The van der Waals surface area contributed by atoms with Gasteiger partial charge in [0.2, 0.25) is 0 Å². The van der Waals surface area contributed by atoms with E-state index >= 15 is 0 Å². The Labute approximate surface area is 199 Å². The van der Waals surface area contributed by atoms with Crippen LogP contribution in [-0.4, -0.2) is 47.5 Å². The number of nitrogens with zero attached hydrogens (tertiary/aromatic N) is 2. The number of fused-ring (bicyclic) bond motifs is 6. The monoisotopic (exact) mass is 486 g/mol. The van der Waals surface area contributed by atoms with Crippen LogP contribution in [0.3, 0.4) is 0 Å². The normalized spacial score (nSPS) is 21.2. The summed E-state index contributed by atoms with van der Waals surface area (Å²) in [5, 5.41) is 1.10. The number of aryl methyl sites for hydroxylation is 1. The number of aromatic nitrogens is 1. The van der Waals surface area contributed by atoms with Gasteiger partial charge in [0.05, 0.1) is 15.0 Å². The van der Waals surface area contributed by atoms with Crippen LogP contribution < -0.4 is 0 Å². The van der Waals surface area contributed by atoms with E-state index in [0.717, 1.165) is 54.5 Å². The smallest absolute Gasteiger partial charge is 0.268 e. The van der Waals surface area contributed by atoms with Gasteiger partial charge in [-0.1, -0.05) is 35.9 Å². The molecule has 0 saturated carbocycles. The summed E-state index contributed by atoms with van der Waals surface area (Å²) in [5.41, 5.74) is 4.12. The molecule has 1 saturated heterocycles. The minimum atomic E-state index is -3.67. The van der Waals surface area contributed by atoms with E-state index in [1.807, 2.05) is 60.8 Å². The van der Waals surface area contributed by atoms with E-state index in [-0.39, 0.29) is 0 Å². The fourth-order valence-corrected chi connectivity index (χ4v) is 8.47. The number of hydrogen-bond donors (Lipinski definition) is 0. The third kappa shape index (κ3) is 3.71. The first-order valence-corrected chi connectivity index (χ1v) is 15.2. The summed E-state index contributed by atoms with van der Waals surface area (Å²) in [4.78, 5) is 2.98. The zero-order valence-electron chi connectivity index (χ0n) is 18.8. The molecule has 170 valence electrons. The number of rotatable bonds is 6. The van der Waals surface area contributed by atoms with E-state index in [2.05, 4.69) is 23.5 Å². The third-order valence-corrected chi connectivity index (χ3v) is 11.3. The first-order valence-electron chi connectivity index (χ1n) is 11.2. The molecule has 32 heavy (non-hydrogen) atoms. The van der Waals surface area contributed by atoms with Crippen LogP contribution in [0.1, 0.15) is 35.7 Å². The van der Waals surface area contributed by atoms with E-state index in [4.69, 9.17) is 0 Å². The van der Waals surface area contributed by atoms with Crippen LogP contribution in [-0.2, 0) is 16.4 Å². The number of piperidine rings is 1. The van der Waals surface area contributed by atoms with Gasteiger partial charge >= 0.3 is 0 Å². The number of benzene rings is 2. The van der Waals surface area contributed by atoms with Gasteiger partial charge in [0, 0.05) is 23.7 Å². The van der Waals surface area contributed by atoms with E-state index in [1.165, 1.54) is 5.56 Å². The summed E-state index contributed by atoms with van der Waals surface area (Å²) in [6.07, 6.45) is 7.47. The van der Waals surface area contributed by atoms with Gasteiger partial charge in [-0.15, -0.1) is 23.5 Å². The molecule has 2 aliphatic rings. The fraction of sp³-hybridized carbons (Fsp3) is 0.440. The molecule has 2 bridgehead atoms. The molecule has 5 rings (SSSR count). The third-order valence-electron chi connectivity index (χ3n) is 7.07. The zero-order valence-corrected chi connectivity index (χ0v) is 21.3. The van der Waals surface area contributed by atoms with Gasteiger partial charge in [-0.2, -0.15) is 0 Å². The van der Waals surface area contributed by atoms with Gasteiger partial charge in [0.1, 0.15) is 0 Å². The molecule has 0 amide bonds. The predicted octanol–water partition coefficient (Wildman–Crippen LogP) is 5.55. The Hall–Kier alpha value is -1.41. The summed E-state index contributed by atoms with van der Waals surface area (Å²) < 4.78 is 30.0. The Kier molecular flexibility index (Phi) is 6.12. The van der Waals surface area contributed by atoms with Gasteiger partial charge in [0.25, 0.3) is 10.0 Å². The van der Waals surface area contributed by atoms with Crippen LogP contribution in [0, 0.1) is 12.8 Å². The van der Waals surface area contributed by atoms with Crippen molar-refractivity contribution in [1.82, 2.24) is 8.87 Å². The van der Waals surface area contributed by atoms with Crippen molar-refractivity contribution in [1.29, 1.82) is 0 Å². The largest absolute Gasteiger partial charge is 0.294 e. The van der Waals surface area contributed by atoms with Crippen molar-refractivity contribution in [2.75, 3.05) is 25.6 Å². The number of likely N-dealkylation sites (tertiary alicyclic amines) is 1. The van der Waals surface area contributed by atoms with E-state index in [0.29, 0.717) is 21.4 Å². The Morgan fingerprint density at radius 2 is 1.78 bits per heavy atom. The molecule has 2 atom stereocenters. The highest BCUT2D eigenvalue weighted by Gasteiger charge is 2.41. The van der Waals surface area contributed by atoms with Crippen molar-refractivity contribution in [2.45, 2.75) is 41.7 Å². The fourth-order valence-electron chi connectivity index (χ4n) is 5.45. The van der Waals surface area contributed by atoms with Crippen molar-refractivity contribution in [2.24, 2.45) is 5.92 Å². The van der Waals surface area contributed by atoms with Crippen LogP contribution >= 0.6 is 23.5 Å². The molecule has 1 aromatic heterocycles. The van der Waals surface area contributed by atoms with Gasteiger partial charge in [-0.3, -0.25) is 4.90 Å². The molecular formula is C25H30N2O2S3. The molecule has 2 aromatic carbocycles.